The molecule has 0 radical (unpaired) electrons. The molecule has 16 heavy (non-hydrogen) atoms. The van der Waals surface area contributed by atoms with Gasteiger partial charge in [0.1, 0.15) is 12.9 Å². The minimum absolute atomic E-state index is 0.858. The highest BCUT2D eigenvalue weighted by molar-refractivity contribution is 6.01. The summed E-state index contributed by atoms with van der Waals surface area (Å²) in [5, 5.41) is 3.88. The first-order chi connectivity index (χ1) is 7.67. The van der Waals surface area contributed by atoms with Crippen LogP contribution < -0.4 is 4.74 Å². The van der Waals surface area contributed by atoms with E-state index in [4.69, 9.17) is 9.57 Å². The van der Waals surface area contributed by atoms with Gasteiger partial charge in [0.25, 0.3) is 0 Å². The lowest BCUT2D eigenvalue weighted by atomic mass is 10.1. The monoisotopic (exact) mass is 219 g/mol. The first kappa shape index (κ1) is 12.3. The van der Waals surface area contributed by atoms with Crippen molar-refractivity contribution in [3.8, 4) is 5.75 Å². The molecule has 1 aromatic rings. The van der Waals surface area contributed by atoms with Gasteiger partial charge in [-0.2, -0.15) is 0 Å². The van der Waals surface area contributed by atoms with Crippen LogP contribution in [0, 0.1) is 0 Å². The molecule has 0 spiro atoms. The summed E-state index contributed by atoms with van der Waals surface area (Å²) in [6.45, 7) is 3.92. The molecule has 0 aliphatic heterocycles. The molecular formula is C13H17NO2. The number of hydrogen-bond acceptors (Lipinski definition) is 3. The normalized spacial score (nSPS) is 12.5. The Morgan fingerprint density at radius 1 is 1.12 bits per heavy atom. The van der Waals surface area contributed by atoms with Crippen molar-refractivity contribution < 1.29 is 9.57 Å². The van der Waals surface area contributed by atoms with Gasteiger partial charge >= 0.3 is 0 Å². The summed E-state index contributed by atoms with van der Waals surface area (Å²) in [4.78, 5) is 4.73. The van der Waals surface area contributed by atoms with Crippen LogP contribution in [0.2, 0.25) is 0 Å². The van der Waals surface area contributed by atoms with Crippen molar-refractivity contribution in [2.75, 3.05) is 14.2 Å². The molecule has 0 aliphatic rings. The SMILES string of the molecule is CO/N=C(C)/C(C)=C/c1ccc(OC)cc1. The molecule has 3 nitrogen and oxygen atoms in total. The van der Waals surface area contributed by atoms with Crippen molar-refractivity contribution in [1.82, 2.24) is 0 Å². The van der Waals surface area contributed by atoms with Gasteiger partial charge < -0.3 is 9.57 Å². The van der Waals surface area contributed by atoms with Gasteiger partial charge in [-0.25, -0.2) is 0 Å². The average molecular weight is 219 g/mol. The zero-order valence-electron chi connectivity index (χ0n) is 10.2. The third-order valence-corrected chi connectivity index (χ3v) is 2.30. The van der Waals surface area contributed by atoms with Crippen molar-refractivity contribution in [2.45, 2.75) is 13.8 Å². The van der Waals surface area contributed by atoms with E-state index in [0.29, 0.717) is 0 Å². The predicted molar refractivity (Wildman–Crippen MR) is 66.8 cm³/mol. The highest BCUT2D eigenvalue weighted by Crippen LogP contribution is 2.14. The molecule has 0 heterocycles. The molecule has 1 aromatic carbocycles. The van der Waals surface area contributed by atoms with Crippen LogP contribution >= 0.6 is 0 Å². The Hall–Kier alpha value is -1.77. The average Bonchev–Trinajstić information content (AvgIpc) is 2.30. The molecule has 0 N–H and O–H groups in total. The summed E-state index contributed by atoms with van der Waals surface area (Å²) in [5.41, 5.74) is 3.06. The van der Waals surface area contributed by atoms with E-state index in [0.717, 1.165) is 22.6 Å². The van der Waals surface area contributed by atoms with E-state index >= 15 is 0 Å². The number of allylic oxidation sites excluding steroid dienone is 1. The second-order valence-corrected chi connectivity index (χ2v) is 3.46. The summed E-state index contributed by atoms with van der Waals surface area (Å²) in [5.74, 6) is 0.858. The van der Waals surface area contributed by atoms with Crippen LogP contribution in [0.4, 0.5) is 0 Å². The van der Waals surface area contributed by atoms with Crippen molar-refractivity contribution in [3.05, 3.63) is 35.4 Å². The summed E-state index contributed by atoms with van der Waals surface area (Å²) >= 11 is 0. The van der Waals surface area contributed by atoms with Crippen molar-refractivity contribution in [1.29, 1.82) is 0 Å². The van der Waals surface area contributed by atoms with Crippen LogP contribution in [0.3, 0.4) is 0 Å². The molecule has 3 heteroatoms. The second-order valence-electron chi connectivity index (χ2n) is 3.46. The van der Waals surface area contributed by atoms with Crippen molar-refractivity contribution >= 4 is 11.8 Å². The second kappa shape index (κ2) is 5.95. The molecule has 0 bridgehead atoms. The molecule has 86 valence electrons. The van der Waals surface area contributed by atoms with E-state index in [1.165, 1.54) is 0 Å². The molecule has 0 saturated carbocycles. The van der Waals surface area contributed by atoms with E-state index in [2.05, 4.69) is 11.2 Å². The van der Waals surface area contributed by atoms with Crippen LogP contribution in [0.15, 0.2) is 35.0 Å². The lowest BCUT2D eigenvalue weighted by Crippen LogP contribution is -1.93. The Morgan fingerprint density at radius 2 is 1.75 bits per heavy atom. The van der Waals surface area contributed by atoms with Gasteiger partial charge in [0.15, 0.2) is 0 Å². The first-order valence-electron chi connectivity index (χ1n) is 5.08. The number of rotatable bonds is 4. The van der Waals surface area contributed by atoms with Gasteiger partial charge in [0, 0.05) is 0 Å². The molecule has 0 unspecified atom stereocenters. The van der Waals surface area contributed by atoms with Crippen LogP contribution in [-0.2, 0) is 4.84 Å². The topological polar surface area (TPSA) is 30.8 Å². The molecule has 0 fully saturated rings. The zero-order valence-corrected chi connectivity index (χ0v) is 10.2. The fraction of sp³-hybridized carbons (Fsp3) is 0.308. The van der Waals surface area contributed by atoms with E-state index in [9.17, 15) is 0 Å². The third-order valence-electron chi connectivity index (χ3n) is 2.30. The highest BCUT2D eigenvalue weighted by atomic mass is 16.6. The minimum atomic E-state index is 0.858. The molecule has 0 atom stereocenters. The summed E-state index contributed by atoms with van der Waals surface area (Å²) in [6.07, 6.45) is 2.05. The predicted octanol–water partition coefficient (Wildman–Crippen LogP) is 3.12. The lowest BCUT2D eigenvalue weighted by Gasteiger charge is -2.02. The largest absolute Gasteiger partial charge is 0.497 e. The van der Waals surface area contributed by atoms with Gasteiger partial charge in [-0.3, -0.25) is 0 Å². The van der Waals surface area contributed by atoms with Crippen LogP contribution in [-0.4, -0.2) is 19.9 Å². The maximum Gasteiger partial charge on any atom is 0.118 e. The fourth-order valence-electron chi connectivity index (χ4n) is 1.26. The molecular weight excluding hydrogens is 202 g/mol. The molecule has 0 aliphatic carbocycles. The molecule has 0 aromatic heterocycles. The smallest absolute Gasteiger partial charge is 0.118 e. The number of benzene rings is 1. The number of ether oxygens (including phenoxy) is 1. The van der Waals surface area contributed by atoms with Gasteiger partial charge in [0.2, 0.25) is 0 Å². The fourth-order valence-corrected chi connectivity index (χ4v) is 1.26. The van der Waals surface area contributed by atoms with E-state index < -0.39 is 0 Å². The first-order valence-corrected chi connectivity index (χ1v) is 5.08. The Labute approximate surface area is 96.4 Å². The maximum atomic E-state index is 5.10. The van der Waals surface area contributed by atoms with Crippen LogP contribution in [0.25, 0.3) is 6.08 Å². The molecule has 0 amide bonds. The Morgan fingerprint density at radius 3 is 2.25 bits per heavy atom. The van der Waals surface area contributed by atoms with E-state index in [1.54, 1.807) is 14.2 Å². The van der Waals surface area contributed by atoms with Gasteiger partial charge in [-0.15, -0.1) is 0 Å². The molecule has 1 rings (SSSR count). The van der Waals surface area contributed by atoms with Gasteiger partial charge in [-0.05, 0) is 37.1 Å². The lowest BCUT2D eigenvalue weighted by molar-refractivity contribution is 0.213. The number of nitrogens with zero attached hydrogens (tertiary/aromatic N) is 1. The third kappa shape index (κ3) is 3.42. The number of methoxy groups -OCH3 is 1. The van der Waals surface area contributed by atoms with Crippen LogP contribution in [0.5, 0.6) is 5.75 Å². The van der Waals surface area contributed by atoms with E-state index in [1.807, 2.05) is 38.1 Å². The Bertz CT molecular complexity index is 391. The number of oxime groups is 1. The summed E-state index contributed by atoms with van der Waals surface area (Å²) in [7, 11) is 3.20. The Balaban J connectivity index is 2.85. The minimum Gasteiger partial charge on any atom is -0.497 e. The quantitative estimate of drug-likeness (QED) is 0.575. The highest BCUT2D eigenvalue weighted by Gasteiger charge is 1.97. The zero-order chi connectivity index (χ0) is 12.0. The summed E-state index contributed by atoms with van der Waals surface area (Å²) < 4.78 is 5.10. The molecule has 0 saturated heterocycles. The maximum absolute atomic E-state index is 5.10. The summed E-state index contributed by atoms with van der Waals surface area (Å²) in [6, 6.07) is 7.87. The van der Waals surface area contributed by atoms with Crippen molar-refractivity contribution in [3.63, 3.8) is 0 Å². The standard InChI is InChI=1S/C13H17NO2/c1-10(11(2)14-16-4)9-12-5-7-13(15-3)8-6-12/h5-9H,1-4H3/b10-9+,14-11+. The Kier molecular flexibility index (Phi) is 4.58. The van der Waals surface area contributed by atoms with E-state index in [-0.39, 0.29) is 0 Å². The van der Waals surface area contributed by atoms with Gasteiger partial charge in [-0.1, -0.05) is 23.4 Å². The van der Waals surface area contributed by atoms with Crippen LogP contribution in [0.1, 0.15) is 19.4 Å². The number of hydrogen-bond donors (Lipinski definition) is 0. The van der Waals surface area contributed by atoms with Gasteiger partial charge in [0.05, 0.1) is 12.8 Å². The van der Waals surface area contributed by atoms with Crippen molar-refractivity contribution in [2.24, 2.45) is 5.16 Å².